The summed E-state index contributed by atoms with van der Waals surface area (Å²) in [5.74, 6) is 0.0202. The van der Waals surface area contributed by atoms with Gasteiger partial charge in [0.2, 0.25) is 11.8 Å². The molecule has 0 aromatic carbocycles. The van der Waals surface area contributed by atoms with Crippen LogP contribution in [0.25, 0.3) is 0 Å². The molecule has 0 saturated carbocycles. The van der Waals surface area contributed by atoms with Crippen LogP contribution in [0.5, 0.6) is 0 Å². The van der Waals surface area contributed by atoms with Crippen molar-refractivity contribution < 1.29 is 18.8 Å². The Morgan fingerprint density at radius 3 is 2.48 bits per heavy atom. The summed E-state index contributed by atoms with van der Waals surface area (Å²) in [6.45, 7) is 12.0. The lowest BCUT2D eigenvalue weighted by Crippen LogP contribution is -2.51. The SMILES string of the molecule is CC(C)(C)OC(=O)N1CCCC[C@H]1C(=O)Nc1cc(C(C)(C)C)no1. The van der Waals surface area contributed by atoms with E-state index >= 15 is 0 Å². The molecule has 7 heteroatoms. The quantitative estimate of drug-likeness (QED) is 0.878. The van der Waals surface area contributed by atoms with Crippen molar-refractivity contribution in [2.24, 2.45) is 0 Å². The highest BCUT2D eigenvalue weighted by Crippen LogP contribution is 2.25. The fourth-order valence-electron chi connectivity index (χ4n) is 2.64. The van der Waals surface area contributed by atoms with Gasteiger partial charge in [-0.15, -0.1) is 0 Å². The summed E-state index contributed by atoms with van der Waals surface area (Å²) in [6.07, 6.45) is 1.89. The van der Waals surface area contributed by atoms with Gasteiger partial charge in [-0.2, -0.15) is 0 Å². The summed E-state index contributed by atoms with van der Waals surface area (Å²) < 4.78 is 10.6. The Hall–Kier alpha value is -2.05. The van der Waals surface area contributed by atoms with Crippen molar-refractivity contribution in [2.75, 3.05) is 11.9 Å². The Morgan fingerprint density at radius 1 is 1.24 bits per heavy atom. The van der Waals surface area contributed by atoms with E-state index in [1.165, 1.54) is 4.90 Å². The lowest BCUT2D eigenvalue weighted by atomic mass is 9.92. The lowest BCUT2D eigenvalue weighted by molar-refractivity contribution is -0.122. The summed E-state index contributed by atoms with van der Waals surface area (Å²) in [5, 5.41) is 6.73. The van der Waals surface area contributed by atoms with Crippen LogP contribution in [0.3, 0.4) is 0 Å². The minimum absolute atomic E-state index is 0.167. The molecule has 1 aliphatic rings. The third kappa shape index (κ3) is 5.21. The van der Waals surface area contributed by atoms with Gasteiger partial charge in [-0.05, 0) is 40.0 Å². The first-order chi connectivity index (χ1) is 11.5. The van der Waals surface area contributed by atoms with E-state index in [4.69, 9.17) is 9.26 Å². The van der Waals surface area contributed by atoms with E-state index in [1.807, 2.05) is 41.5 Å². The zero-order valence-electron chi connectivity index (χ0n) is 16.0. The van der Waals surface area contributed by atoms with Gasteiger partial charge in [-0.3, -0.25) is 15.0 Å². The van der Waals surface area contributed by atoms with Crippen molar-refractivity contribution in [1.29, 1.82) is 0 Å². The molecular weight excluding hydrogens is 322 g/mol. The predicted octanol–water partition coefficient (Wildman–Crippen LogP) is 3.70. The van der Waals surface area contributed by atoms with E-state index in [0.717, 1.165) is 18.5 Å². The highest BCUT2D eigenvalue weighted by Gasteiger charge is 2.35. The van der Waals surface area contributed by atoms with Crippen LogP contribution in [0.4, 0.5) is 10.7 Å². The number of hydrogen-bond donors (Lipinski definition) is 1. The van der Waals surface area contributed by atoms with Gasteiger partial charge in [0, 0.05) is 18.0 Å². The highest BCUT2D eigenvalue weighted by atomic mass is 16.6. The number of nitrogens with one attached hydrogen (secondary N) is 1. The maximum absolute atomic E-state index is 12.7. The third-order valence-electron chi connectivity index (χ3n) is 3.96. The average molecular weight is 351 g/mol. The molecule has 1 N–H and O–H groups in total. The van der Waals surface area contributed by atoms with Gasteiger partial charge in [-0.25, -0.2) is 4.79 Å². The molecule has 1 atom stereocenters. The topological polar surface area (TPSA) is 84.7 Å². The molecular formula is C18H29N3O4. The Bertz CT molecular complexity index is 625. The van der Waals surface area contributed by atoms with Gasteiger partial charge in [0.05, 0.1) is 5.69 Å². The minimum Gasteiger partial charge on any atom is -0.444 e. The van der Waals surface area contributed by atoms with Crippen molar-refractivity contribution in [3.63, 3.8) is 0 Å². The summed E-state index contributed by atoms with van der Waals surface area (Å²) in [4.78, 5) is 26.6. The first-order valence-corrected chi connectivity index (χ1v) is 8.75. The van der Waals surface area contributed by atoms with Crippen molar-refractivity contribution in [1.82, 2.24) is 10.1 Å². The molecule has 0 unspecified atom stereocenters. The van der Waals surface area contributed by atoms with E-state index in [1.54, 1.807) is 6.07 Å². The van der Waals surface area contributed by atoms with Crippen LogP contribution < -0.4 is 5.32 Å². The molecule has 1 aromatic rings. The van der Waals surface area contributed by atoms with E-state index in [2.05, 4.69) is 10.5 Å². The molecule has 2 rings (SSSR count). The van der Waals surface area contributed by atoms with Crippen LogP contribution in [0, 0.1) is 0 Å². The van der Waals surface area contributed by atoms with Crippen molar-refractivity contribution in [2.45, 2.75) is 77.9 Å². The molecule has 2 amide bonds. The molecule has 1 fully saturated rings. The number of carbonyl (C=O) groups excluding carboxylic acids is 2. The fraction of sp³-hybridized carbons (Fsp3) is 0.722. The third-order valence-corrected chi connectivity index (χ3v) is 3.96. The summed E-state index contributed by atoms with van der Waals surface area (Å²) in [7, 11) is 0. The van der Waals surface area contributed by atoms with Crippen LogP contribution in [-0.4, -0.2) is 40.2 Å². The standard InChI is InChI=1S/C18H29N3O4/c1-17(2,3)13-11-14(25-20-13)19-15(22)12-9-7-8-10-21(12)16(23)24-18(4,5)6/h11-12H,7-10H2,1-6H3,(H,19,22)/t12-/m0/s1. The summed E-state index contributed by atoms with van der Waals surface area (Å²) in [5.41, 5.74) is -0.00227. The van der Waals surface area contributed by atoms with Crippen LogP contribution >= 0.6 is 0 Å². The normalized spacial score (nSPS) is 18.8. The number of carbonyl (C=O) groups is 2. The van der Waals surface area contributed by atoms with Gasteiger partial charge in [0.25, 0.3) is 0 Å². The number of likely N-dealkylation sites (tertiary alicyclic amines) is 1. The lowest BCUT2D eigenvalue weighted by Gasteiger charge is -2.35. The van der Waals surface area contributed by atoms with Crippen LogP contribution in [0.1, 0.15) is 66.5 Å². The molecule has 1 saturated heterocycles. The number of rotatable bonds is 2. The second kappa shape index (κ2) is 7.06. The number of ether oxygens (including phenoxy) is 1. The molecule has 1 aromatic heterocycles. The molecule has 1 aliphatic heterocycles. The maximum Gasteiger partial charge on any atom is 0.410 e. The fourth-order valence-corrected chi connectivity index (χ4v) is 2.64. The van der Waals surface area contributed by atoms with Crippen molar-refractivity contribution >= 4 is 17.9 Å². The van der Waals surface area contributed by atoms with Crippen LogP contribution in [-0.2, 0) is 14.9 Å². The van der Waals surface area contributed by atoms with Crippen molar-refractivity contribution in [3.8, 4) is 0 Å². The number of piperidine rings is 1. The molecule has 25 heavy (non-hydrogen) atoms. The van der Waals surface area contributed by atoms with E-state index in [9.17, 15) is 9.59 Å². The zero-order valence-corrected chi connectivity index (χ0v) is 16.0. The molecule has 140 valence electrons. The minimum atomic E-state index is -0.595. The average Bonchev–Trinajstić information content (AvgIpc) is 2.94. The molecule has 0 spiro atoms. The Kier molecular flexibility index (Phi) is 5.44. The number of amides is 2. The van der Waals surface area contributed by atoms with Crippen molar-refractivity contribution in [3.05, 3.63) is 11.8 Å². The zero-order chi connectivity index (χ0) is 18.8. The molecule has 2 heterocycles. The van der Waals surface area contributed by atoms with Crippen LogP contribution in [0.2, 0.25) is 0 Å². The molecule has 0 aliphatic carbocycles. The van der Waals surface area contributed by atoms with Gasteiger partial charge in [0.15, 0.2) is 0 Å². The largest absolute Gasteiger partial charge is 0.444 e. The number of anilines is 1. The molecule has 0 radical (unpaired) electrons. The van der Waals surface area contributed by atoms with Gasteiger partial charge < -0.3 is 9.26 Å². The first-order valence-electron chi connectivity index (χ1n) is 8.75. The van der Waals surface area contributed by atoms with Gasteiger partial charge in [-0.1, -0.05) is 25.9 Å². The molecule has 0 bridgehead atoms. The Morgan fingerprint density at radius 2 is 1.92 bits per heavy atom. The smallest absolute Gasteiger partial charge is 0.410 e. The van der Waals surface area contributed by atoms with E-state index in [-0.39, 0.29) is 11.3 Å². The number of aromatic nitrogens is 1. The van der Waals surface area contributed by atoms with E-state index < -0.39 is 17.7 Å². The van der Waals surface area contributed by atoms with Gasteiger partial charge >= 0.3 is 6.09 Å². The van der Waals surface area contributed by atoms with Crippen LogP contribution in [0.15, 0.2) is 10.6 Å². The second-order valence-electron chi connectivity index (χ2n) is 8.50. The Balaban J connectivity index is 2.07. The monoisotopic (exact) mass is 351 g/mol. The Labute approximate surface area is 149 Å². The second-order valence-corrected chi connectivity index (χ2v) is 8.50. The summed E-state index contributed by atoms with van der Waals surface area (Å²) in [6, 6.07) is 1.16. The van der Waals surface area contributed by atoms with Gasteiger partial charge in [0.1, 0.15) is 11.6 Å². The summed E-state index contributed by atoms with van der Waals surface area (Å²) >= 11 is 0. The molecule has 7 nitrogen and oxygen atoms in total. The van der Waals surface area contributed by atoms with E-state index in [0.29, 0.717) is 18.8 Å². The first kappa shape index (κ1) is 19.3. The predicted molar refractivity (Wildman–Crippen MR) is 94.4 cm³/mol. The highest BCUT2D eigenvalue weighted by molar-refractivity contribution is 5.95. The maximum atomic E-state index is 12.7. The number of nitrogens with zero attached hydrogens (tertiary/aromatic N) is 2. The number of hydrogen-bond acceptors (Lipinski definition) is 5.